The Kier molecular flexibility index (Phi) is 6.35. The molecule has 0 saturated heterocycles. The van der Waals surface area contributed by atoms with Crippen LogP contribution in [-0.4, -0.2) is 46.8 Å². The van der Waals surface area contributed by atoms with E-state index in [-0.39, 0.29) is 5.91 Å². The van der Waals surface area contributed by atoms with Crippen LogP contribution in [0.4, 0.5) is 0 Å². The van der Waals surface area contributed by atoms with E-state index in [1.54, 1.807) is 31.9 Å². The Morgan fingerprint density at radius 1 is 1.00 bits per heavy atom. The second kappa shape index (κ2) is 8.95. The number of hydrogen-bond acceptors (Lipinski definition) is 4. The number of hydrogen-bond donors (Lipinski definition) is 0. The molecule has 1 amide bonds. The number of rotatable bonds is 6. The first-order valence-electron chi connectivity index (χ1n) is 9.87. The third kappa shape index (κ3) is 4.95. The van der Waals surface area contributed by atoms with Crippen molar-refractivity contribution in [3.63, 3.8) is 0 Å². The monoisotopic (exact) mass is 405 g/mol. The van der Waals surface area contributed by atoms with Gasteiger partial charge < -0.3 is 9.64 Å². The van der Waals surface area contributed by atoms with E-state index in [4.69, 9.17) is 4.74 Å². The molecule has 0 unspecified atom stereocenters. The second-order valence-electron chi connectivity index (χ2n) is 7.72. The number of esters is 1. The van der Waals surface area contributed by atoms with E-state index < -0.39 is 12.1 Å². The lowest BCUT2D eigenvalue weighted by Gasteiger charge is -2.17. The summed E-state index contributed by atoms with van der Waals surface area (Å²) in [6.45, 7) is 6.14. The fraction of sp³-hybridized carbons (Fsp3) is 0.292. The van der Waals surface area contributed by atoms with E-state index in [1.165, 1.54) is 10.5 Å². The minimum atomic E-state index is -0.876. The average molecular weight is 405 g/mol. The maximum Gasteiger partial charge on any atom is 0.342 e. The van der Waals surface area contributed by atoms with Crippen molar-refractivity contribution < 1.29 is 14.3 Å². The molecule has 0 spiro atoms. The molecule has 0 aliphatic rings. The van der Waals surface area contributed by atoms with E-state index in [9.17, 15) is 9.59 Å². The van der Waals surface area contributed by atoms with Crippen LogP contribution in [0.25, 0.3) is 11.3 Å². The fourth-order valence-electron chi connectivity index (χ4n) is 3.09. The highest BCUT2D eigenvalue weighted by molar-refractivity contribution is 5.97. The van der Waals surface area contributed by atoms with Crippen LogP contribution in [0, 0.1) is 13.8 Å². The quantitative estimate of drug-likeness (QED) is 0.585. The third-order valence-corrected chi connectivity index (χ3v) is 4.84. The molecule has 3 rings (SSSR count). The van der Waals surface area contributed by atoms with Gasteiger partial charge in [0.1, 0.15) is 11.3 Å². The van der Waals surface area contributed by atoms with Gasteiger partial charge in [-0.1, -0.05) is 59.7 Å². The molecule has 2 aromatic carbocycles. The lowest BCUT2D eigenvalue weighted by molar-refractivity contribution is -0.137. The Balaban J connectivity index is 1.93. The van der Waals surface area contributed by atoms with Crippen molar-refractivity contribution in [1.29, 1.82) is 0 Å². The number of amides is 1. The summed E-state index contributed by atoms with van der Waals surface area (Å²) in [6.07, 6.45) is 0.809. The number of ether oxygens (including phenoxy) is 1. The molecule has 0 aliphatic heterocycles. The highest BCUT2D eigenvalue weighted by Crippen LogP contribution is 2.24. The summed E-state index contributed by atoms with van der Waals surface area (Å²) in [5.41, 5.74) is 5.08. The molecular weight excluding hydrogens is 378 g/mol. The number of carbonyl (C=O) groups excluding carboxylic acids is 2. The zero-order chi connectivity index (χ0) is 21.8. The minimum Gasteiger partial charge on any atom is -0.449 e. The second-order valence-corrected chi connectivity index (χ2v) is 7.72. The Morgan fingerprint density at radius 3 is 2.13 bits per heavy atom. The van der Waals surface area contributed by atoms with Gasteiger partial charge in [0.2, 0.25) is 0 Å². The molecule has 1 atom stereocenters. The van der Waals surface area contributed by atoms with Gasteiger partial charge >= 0.3 is 5.97 Å². The number of nitrogens with zero attached hydrogens (tertiary/aromatic N) is 3. The predicted octanol–water partition coefficient (Wildman–Crippen LogP) is 3.85. The summed E-state index contributed by atoms with van der Waals surface area (Å²) in [5, 5.41) is 4.66. The number of aryl methyl sites for hydroxylation is 2. The molecule has 0 N–H and O–H groups in total. The number of benzene rings is 2. The predicted molar refractivity (Wildman–Crippen MR) is 116 cm³/mol. The maximum atomic E-state index is 12.9. The van der Waals surface area contributed by atoms with Gasteiger partial charge in [0, 0.05) is 25.9 Å². The molecule has 0 saturated carbocycles. The van der Waals surface area contributed by atoms with Gasteiger partial charge in [-0.25, -0.2) is 4.79 Å². The first-order valence-corrected chi connectivity index (χ1v) is 9.87. The fourth-order valence-corrected chi connectivity index (χ4v) is 3.09. The Morgan fingerprint density at radius 2 is 1.57 bits per heavy atom. The van der Waals surface area contributed by atoms with Crippen molar-refractivity contribution in [2.24, 2.45) is 0 Å². The number of likely N-dealkylation sites (N-methyl/N-ethyl adjacent to an activating group) is 1. The van der Waals surface area contributed by atoms with E-state index in [0.29, 0.717) is 17.8 Å². The molecule has 0 aliphatic carbocycles. The third-order valence-electron chi connectivity index (χ3n) is 4.84. The molecule has 30 heavy (non-hydrogen) atoms. The molecule has 6 heteroatoms. The van der Waals surface area contributed by atoms with E-state index in [1.807, 2.05) is 62.4 Å². The summed E-state index contributed by atoms with van der Waals surface area (Å²) < 4.78 is 7.17. The molecular formula is C24H27N3O3. The molecule has 0 bridgehead atoms. The van der Waals surface area contributed by atoms with Crippen LogP contribution in [0.15, 0.2) is 54.7 Å². The van der Waals surface area contributed by atoms with Crippen LogP contribution >= 0.6 is 0 Å². The van der Waals surface area contributed by atoms with Crippen molar-refractivity contribution in [1.82, 2.24) is 14.7 Å². The van der Waals surface area contributed by atoms with Crippen LogP contribution in [0.2, 0.25) is 0 Å². The molecule has 1 heterocycles. The van der Waals surface area contributed by atoms with E-state index >= 15 is 0 Å². The normalized spacial score (nSPS) is 11.8. The van der Waals surface area contributed by atoms with Gasteiger partial charge in [-0.3, -0.25) is 9.48 Å². The van der Waals surface area contributed by atoms with Gasteiger partial charge in [-0.2, -0.15) is 5.10 Å². The molecule has 0 fully saturated rings. The maximum absolute atomic E-state index is 12.9. The van der Waals surface area contributed by atoms with E-state index in [0.717, 1.165) is 16.7 Å². The molecule has 0 radical (unpaired) electrons. The Bertz CT molecular complexity index is 1030. The zero-order valence-corrected chi connectivity index (χ0v) is 18.0. The highest BCUT2D eigenvalue weighted by Gasteiger charge is 2.25. The van der Waals surface area contributed by atoms with Crippen LogP contribution < -0.4 is 0 Å². The Hall–Kier alpha value is -3.41. The lowest BCUT2D eigenvalue weighted by atomic mass is 10.1. The van der Waals surface area contributed by atoms with Gasteiger partial charge in [0.05, 0.1) is 6.54 Å². The van der Waals surface area contributed by atoms with Crippen molar-refractivity contribution in [3.8, 4) is 11.3 Å². The van der Waals surface area contributed by atoms with Crippen molar-refractivity contribution in [2.45, 2.75) is 33.4 Å². The molecule has 6 nitrogen and oxygen atoms in total. The smallest absolute Gasteiger partial charge is 0.342 e. The van der Waals surface area contributed by atoms with Gasteiger partial charge in [0.15, 0.2) is 6.10 Å². The SMILES string of the molecule is Cc1ccc(Cn2cc(C(=O)O[C@H](C)C(=O)N(C)C)c(-c3ccc(C)cc3)n2)cc1. The lowest BCUT2D eigenvalue weighted by Crippen LogP contribution is -2.34. The summed E-state index contributed by atoms with van der Waals surface area (Å²) in [7, 11) is 3.26. The van der Waals surface area contributed by atoms with Gasteiger partial charge in [0.25, 0.3) is 5.91 Å². The van der Waals surface area contributed by atoms with Gasteiger partial charge in [-0.05, 0) is 26.3 Å². The highest BCUT2D eigenvalue weighted by atomic mass is 16.5. The first-order chi connectivity index (χ1) is 14.2. The minimum absolute atomic E-state index is 0.271. The average Bonchev–Trinajstić information content (AvgIpc) is 3.13. The topological polar surface area (TPSA) is 64.4 Å². The van der Waals surface area contributed by atoms with Crippen LogP contribution in [0.1, 0.15) is 34.0 Å². The van der Waals surface area contributed by atoms with Gasteiger partial charge in [-0.15, -0.1) is 0 Å². The number of carbonyl (C=O) groups is 2. The summed E-state index contributed by atoms with van der Waals surface area (Å²) in [5.74, 6) is -0.837. The standard InChI is InChI=1S/C24H27N3O3/c1-16-6-10-19(11-7-16)14-27-15-21(24(29)30-18(3)23(28)26(4)5)22(25-27)20-12-8-17(2)9-13-20/h6-13,15,18H,14H2,1-5H3/t18-/m1/s1. The van der Waals surface area contributed by atoms with E-state index in [2.05, 4.69) is 5.10 Å². The van der Waals surface area contributed by atoms with Crippen LogP contribution in [-0.2, 0) is 16.1 Å². The molecule has 156 valence electrons. The zero-order valence-electron chi connectivity index (χ0n) is 18.0. The Labute approximate surface area is 177 Å². The molecule has 1 aromatic heterocycles. The van der Waals surface area contributed by atoms with Crippen LogP contribution in [0.5, 0.6) is 0 Å². The van der Waals surface area contributed by atoms with Crippen molar-refractivity contribution >= 4 is 11.9 Å². The molecule has 3 aromatic rings. The summed E-state index contributed by atoms with van der Waals surface area (Å²) in [6, 6.07) is 16.0. The first kappa shape index (κ1) is 21.3. The number of aromatic nitrogens is 2. The van der Waals surface area contributed by atoms with Crippen molar-refractivity contribution in [3.05, 3.63) is 77.0 Å². The summed E-state index contributed by atoms with van der Waals surface area (Å²) in [4.78, 5) is 26.4. The summed E-state index contributed by atoms with van der Waals surface area (Å²) >= 11 is 0. The van der Waals surface area contributed by atoms with Crippen molar-refractivity contribution in [2.75, 3.05) is 14.1 Å². The largest absolute Gasteiger partial charge is 0.449 e. The van der Waals surface area contributed by atoms with Crippen LogP contribution in [0.3, 0.4) is 0 Å².